The monoisotopic (exact) mass is 402 g/mol. The maximum absolute atomic E-state index is 14.4. The molecule has 7 nitrogen and oxygen atoms in total. The number of ether oxygens (including phenoxy) is 1. The Bertz CT molecular complexity index is 1270. The molecular weight excluding hydrogens is 383 g/mol. The summed E-state index contributed by atoms with van der Waals surface area (Å²) in [4.78, 5) is 8.80. The molecule has 0 radical (unpaired) electrons. The van der Waals surface area contributed by atoms with Crippen molar-refractivity contribution in [2.24, 2.45) is 0 Å². The van der Waals surface area contributed by atoms with Crippen LogP contribution in [0.2, 0.25) is 0 Å². The highest BCUT2D eigenvalue weighted by Crippen LogP contribution is 2.30. The Morgan fingerprint density at radius 1 is 1.20 bits per heavy atom. The molecular formula is C22H19FN6O. The first kappa shape index (κ1) is 18.2. The maximum atomic E-state index is 14.4. The Morgan fingerprint density at radius 2 is 2.10 bits per heavy atom. The molecule has 0 fully saturated rings. The molecule has 4 aromatic rings. The lowest BCUT2D eigenvalue weighted by molar-refractivity contribution is 0.356. The second-order valence-electron chi connectivity index (χ2n) is 7.03. The van der Waals surface area contributed by atoms with Crippen LogP contribution in [-0.2, 0) is 13.0 Å². The fourth-order valence-corrected chi connectivity index (χ4v) is 3.61. The molecule has 1 aliphatic rings. The van der Waals surface area contributed by atoms with Gasteiger partial charge in [0.2, 0.25) is 5.95 Å². The standard InChI is InChI=1S/C22H19FN6O/c1-14-15(3-2-9-24-14)4-5-16-11-25-22(29-13-27-28-21(16)29)26-12-18-17-8-10-30-20(17)7-6-19(18)23/h2-7,9,11,13H,8,10,12H2,1H3,(H,25,26)/b5-4+. The summed E-state index contributed by atoms with van der Waals surface area (Å²) >= 11 is 0. The van der Waals surface area contributed by atoms with Gasteiger partial charge in [-0.2, -0.15) is 0 Å². The molecule has 0 unspecified atom stereocenters. The van der Waals surface area contributed by atoms with Gasteiger partial charge in [-0.05, 0) is 36.8 Å². The highest BCUT2D eigenvalue weighted by Gasteiger charge is 2.19. The van der Waals surface area contributed by atoms with E-state index in [9.17, 15) is 4.39 Å². The summed E-state index contributed by atoms with van der Waals surface area (Å²) in [6.07, 6.45) is 9.70. The number of hydrogen-bond acceptors (Lipinski definition) is 6. The van der Waals surface area contributed by atoms with Crippen LogP contribution in [0.3, 0.4) is 0 Å². The summed E-state index contributed by atoms with van der Waals surface area (Å²) in [6, 6.07) is 7.02. The third-order valence-corrected chi connectivity index (χ3v) is 5.21. The van der Waals surface area contributed by atoms with Crippen LogP contribution >= 0.6 is 0 Å². The molecule has 1 aliphatic heterocycles. The fourth-order valence-electron chi connectivity index (χ4n) is 3.61. The van der Waals surface area contributed by atoms with Crippen molar-refractivity contribution in [2.75, 3.05) is 11.9 Å². The van der Waals surface area contributed by atoms with Gasteiger partial charge >= 0.3 is 0 Å². The highest BCUT2D eigenvalue weighted by atomic mass is 19.1. The van der Waals surface area contributed by atoms with Gasteiger partial charge < -0.3 is 10.1 Å². The van der Waals surface area contributed by atoms with E-state index >= 15 is 0 Å². The van der Waals surface area contributed by atoms with Crippen molar-refractivity contribution in [1.82, 2.24) is 24.6 Å². The van der Waals surface area contributed by atoms with Gasteiger partial charge in [-0.25, -0.2) is 9.37 Å². The first-order valence-corrected chi connectivity index (χ1v) is 9.66. The third-order valence-electron chi connectivity index (χ3n) is 5.21. The van der Waals surface area contributed by atoms with Gasteiger partial charge in [-0.1, -0.05) is 12.1 Å². The van der Waals surface area contributed by atoms with E-state index in [4.69, 9.17) is 4.74 Å². The number of fused-ring (bicyclic) bond motifs is 2. The number of aryl methyl sites for hydroxylation is 1. The number of benzene rings is 1. The number of nitrogens with one attached hydrogen (secondary N) is 1. The van der Waals surface area contributed by atoms with Gasteiger partial charge in [0.1, 0.15) is 17.9 Å². The molecule has 0 saturated carbocycles. The Kier molecular flexibility index (Phi) is 4.59. The summed E-state index contributed by atoms with van der Waals surface area (Å²) in [7, 11) is 0. The molecule has 0 saturated heterocycles. The summed E-state index contributed by atoms with van der Waals surface area (Å²) in [6.45, 7) is 2.84. The minimum atomic E-state index is -0.252. The van der Waals surface area contributed by atoms with Crippen molar-refractivity contribution in [3.05, 3.63) is 76.8 Å². The fraction of sp³-hybridized carbons (Fsp3) is 0.182. The SMILES string of the molecule is Cc1ncccc1/C=C/c1cnc(NCc2c(F)ccc3c2CCO3)n2cnnc12. The molecule has 0 amide bonds. The van der Waals surface area contributed by atoms with Gasteiger partial charge in [0, 0.05) is 47.7 Å². The van der Waals surface area contributed by atoms with Gasteiger partial charge in [0.25, 0.3) is 0 Å². The lowest BCUT2D eigenvalue weighted by atomic mass is 10.0. The van der Waals surface area contributed by atoms with E-state index in [2.05, 4.69) is 25.5 Å². The van der Waals surface area contributed by atoms with Gasteiger partial charge in [-0.3, -0.25) is 9.38 Å². The molecule has 0 bridgehead atoms. The van der Waals surface area contributed by atoms with Crippen molar-refractivity contribution < 1.29 is 9.13 Å². The molecule has 8 heteroatoms. The van der Waals surface area contributed by atoms with E-state index in [1.54, 1.807) is 29.2 Å². The molecule has 0 atom stereocenters. The largest absolute Gasteiger partial charge is 0.493 e. The van der Waals surface area contributed by atoms with Crippen molar-refractivity contribution in [3.63, 3.8) is 0 Å². The summed E-state index contributed by atoms with van der Waals surface area (Å²) in [5, 5.41) is 11.4. The van der Waals surface area contributed by atoms with Crippen LogP contribution in [0.5, 0.6) is 5.75 Å². The van der Waals surface area contributed by atoms with Crippen LogP contribution in [0, 0.1) is 12.7 Å². The molecule has 0 spiro atoms. The molecule has 150 valence electrons. The quantitative estimate of drug-likeness (QED) is 0.549. The topological polar surface area (TPSA) is 77.2 Å². The van der Waals surface area contributed by atoms with Gasteiger partial charge in [0.15, 0.2) is 5.65 Å². The van der Waals surface area contributed by atoms with Gasteiger partial charge in [0.05, 0.1) is 6.61 Å². The predicted octanol–water partition coefficient (Wildman–Crippen LogP) is 3.68. The first-order valence-electron chi connectivity index (χ1n) is 9.66. The van der Waals surface area contributed by atoms with E-state index in [1.165, 1.54) is 6.07 Å². The lowest BCUT2D eigenvalue weighted by Crippen LogP contribution is -2.09. The Hall–Kier alpha value is -3.81. The van der Waals surface area contributed by atoms with Crippen LogP contribution in [0.15, 0.2) is 43.0 Å². The number of nitrogens with zero attached hydrogens (tertiary/aromatic N) is 5. The highest BCUT2D eigenvalue weighted by molar-refractivity contribution is 5.76. The van der Waals surface area contributed by atoms with E-state index in [1.807, 2.05) is 31.2 Å². The predicted molar refractivity (Wildman–Crippen MR) is 112 cm³/mol. The number of pyridine rings is 1. The zero-order valence-corrected chi connectivity index (χ0v) is 16.3. The average Bonchev–Trinajstić information content (AvgIpc) is 3.43. The zero-order valence-electron chi connectivity index (χ0n) is 16.3. The first-order chi connectivity index (χ1) is 14.7. The van der Waals surface area contributed by atoms with E-state index < -0.39 is 0 Å². The number of rotatable bonds is 5. The lowest BCUT2D eigenvalue weighted by Gasteiger charge is -2.12. The second-order valence-corrected chi connectivity index (χ2v) is 7.03. The summed E-state index contributed by atoms with van der Waals surface area (Å²) in [5.74, 6) is 1.04. The second kappa shape index (κ2) is 7.55. The Labute approximate surface area is 172 Å². The number of anilines is 1. The minimum Gasteiger partial charge on any atom is -0.493 e. The number of aromatic nitrogens is 5. The van der Waals surface area contributed by atoms with Crippen molar-refractivity contribution in [1.29, 1.82) is 0 Å². The summed E-state index contributed by atoms with van der Waals surface area (Å²) in [5.41, 5.74) is 4.96. The molecule has 0 aliphatic carbocycles. The van der Waals surface area contributed by atoms with Crippen LogP contribution in [-0.4, -0.2) is 31.2 Å². The van der Waals surface area contributed by atoms with E-state index in [0.29, 0.717) is 36.7 Å². The van der Waals surface area contributed by atoms with Crippen molar-refractivity contribution >= 4 is 23.7 Å². The van der Waals surface area contributed by atoms with Crippen molar-refractivity contribution in [2.45, 2.75) is 19.9 Å². The molecule has 30 heavy (non-hydrogen) atoms. The normalized spacial score (nSPS) is 13.0. The Morgan fingerprint density at radius 3 is 3.00 bits per heavy atom. The molecule has 4 heterocycles. The van der Waals surface area contributed by atoms with Crippen molar-refractivity contribution in [3.8, 4) is 5.75 Å². The third kappa shape index (κ3) is 3.26. The minimum absolute atomic E-state index is 0.252. The van der Waals surface area contributed by atoms with E-state index in [0.717, 1.165) is 28.1 Å². The van der Waals surface area contributed by atoms with E-state index in [-0.39, 0.29) is 5.82 Å². The number of halogens is 1. The number of hydrogen-bond donors (Lipinski definition) is 1. The van der Waals surface area contributed by atoms with Crippen LogP contribution < -0.4 is 10.1 Å². The smallest absolute Gasteiger partial charge is 0.210 e. The zero-order chi connectivity index (χ0) is 20.5. The maximum Gasteiger partial charge on any atom is 0.210 e. The molecule has 3 aromatic heterocycles. The summed E-state index contributed by atoms with van der Waals surface area (Å²) < 4.78 is 21.7. The van der Waals surface area contributed by atoms with Crippen LogP contribution in [0.4, 0.5) is 10.3 Å². The van der Waals surface area contributed by atoms with Crippen LogP contribution in [0.1, 0.15) is 27.9 Å². The average molecular weight is 402 g/mol. The van der Waals surface area contributed by atoms with Crippen LogP contribution in [0.25, 0.3) is 17.8 Å². The Balaban J connectivity index is 1.43. The molecule has 1 N–H and O–H groups in total. The van der Waals surface area contributed by atoms with Gasteiger partial charge in [-0.15, -0.1) is 10.2 Å². The molecule has 1 aromatic carbocycles. The molecule has 5 rings (SSSR count).